The molecule has 7 nitrogen and oxygen atoms in total. The number of carbonyl (C=O) groups is 2. The van der Waals surface area contributed by atoms with Crippen LogP contribution in [0.5, 0.6) is 0 Å². The molecule has 0 amide bonds. The van der Waals surface area contributed by atoms with E-state index >= 15 is 0 Å². The van der Waals surface area contributed by atoms with Gasteiger partial charge in [0.1, 0.15) is 5.41 Å². The van der Waals surface area contributed by atoms with Crippen LogP contribution in [0.15, 0.2) is 0 Å². The minimum atomic E-state index is -5.26. The fourth-order valence-electron chi connectivity index (χ4n) is 9.23. The Morgan fingerprint density at radius 3 is 0.702 bits per heavy atom. The highest BCUT2D eigenvalue weighted by molar-refractivity contribution is 7.88. The predicted octanol–water partition coefficient (Wildman–Crippen LogP) is 16.2. The number of carboxylic acids is 2. The van der Waals surface area contributed by atoms with Crippen LogP contribution in [-0.4, -0.2) is 39.9 Å². The van der Waals surface area contributed by atoms with Crippen molar-refractivity contribution in [1.82, 2.24) is 0 Å². The number of rotatable bonds is 46. The third-order valence-corrected chi connectivity index (χ3v) is 14.7. The maximum absolute atomic E-state index is 13.4. The van der Waals surface area contributed by atoms with Gasteiger partial charge in [0.2, 0.25) is 4.75 Å². The Balaban J connectivity index is 5.39. The molecular weight excluding hydrogens is 733 g/mol. The van der Waals surface area contributed by atoms with Crippen molar-refractivity contribution >= 4 is 22.1 Å². The standard InChI is InChI=1S/C49H96O7S/c1-4-7-10-13-16-19-22-25-28-31-34-37-40-43-48(46(50)51,44-41-38-35-32-29-26-23-20-17-14-11-8-5-2)49(47(52)53,57(54,55)56)45-42-39-36-33-30-27-24-21-18-15-12-9-6-3/h4-45H2,1-3H3,(H,50,51)(H,52,53)(H,54,55,56). The topological polar surface area (TPSA) is 129 Å². The summed E-state index contributed by atoms with van der Waals surface area (Å²) in [6.07, 6.45) is 42.4. The minimum absolute atomic E-state index is 0.0527. The second kappa shape index (κ2) is 37.8. The molecule has 0 heterocycles. The molecule has 1 atom stereocenters. The molecule has 0 aliphatic heterocycles. The average Bonchev–Trinajstić information content (AvgIpc) is 3.17. The molecule has 0 saturated carbocycles. The summed E-state index contributed by atoms with van der Waals surface area (Å²) >= 11 is 0. The first-order chi connectivity index (χ1) is 27.6. The molecule has 0 spiro atoms. The Bertz CT molecular complexity index is 999. The van der Waals surface area contributed by atoms with Crippen molar-refractivity contribution in [1.29, 1.82) is 0 Å². The van der Waals surface area contributed by atoms with Crippen molar-refractivity contribution in [3.05, 3.63) is 0 Å². The quantitative estimate of drug-likeness (QED) is 0.0411. The Hall–Kier alpha value is -1.15. The molecule has 0 aliphatic carbocycles. The molecular formula is C49H96O7S. The molecule has 8 heteroatoms. The molecule has 57 heavy (non-hydrogen) atoms. The van der Waals surface area contributed by atoms with Crippen LogP contribution >= 0.6 is 0 Å². The summed E-state index contributed by atoms with van der Waals surface area (Å²) in [5.41, 5.74) is -2.08. The van der Waals surface area contributed by atoms with Crippen molar-refractivity contribution in [2.24, 2.45) is 5.41 Å². The van der Waals surface area contributed by atoms with Crippen LogP contribution < -0.4 is 0 Å². The largest absolute Gasteiger partial charge is 0.481 e. The molecule has 0 aromatic carbocycles. The first-order valence-corrected chi connectivity index (χ1v) is 26.4. The lowest BCUT2D eigenvalue weighted by molar-refractivity contribution is -0.162. The molecule has 3 N–H and O–H groups in total. The van der Waals surface area contributed by atoms with E-state index in [4.69, 9.17) is 0 Å². The third kappa shape index (κ3) is 25.9. The van der Waals surface area contributed by atoms with E-state index in [2.05, 4.69) is 20.8 Å². The molecule has 0 rings (SSSR count). The number of hydrogen-bond donors (Lipinski definition) is 3. The highest BCUT2D eigenvalue weighted by Gasteiger charge is 2.67. The van der Waals surface area contributed by atoms with Crippen LogP contribution in [0, 0.1) is 5.41 Å². The average molecular weight is 829 g/mol. The molecule has 0 aromatic rings. The van der Waals surface area contributed by atoms with Crippen molar-refractivity contribution in [3.63, 3.8) is 0 Å². The van der Waals surface area contributed by atoms with Gasteiger partial charge in [-0.25, -0.2) is 0 Å². The molecule has 0 radical (unpaired) electrons. The van der Waals surface area contributed by atoms with Crippen LogP contribution in [0.25, 0.3) is 0 Å². The summed E-state index contributed by atoms with van der Waals surface area (Å²) in [4.78, 5) is 26.6. The van der Waals surface area contributed by atoms with Gasteiger partial charge in [-0.15, -0.1) is 0 Å². The second-order valence-electron chi connectivity index (χ2n) is 18.0. The number of aliphatic carboxylic acids is 2. The van der Waals surface area contributed by atoms with E-state index in [1.54, 1.807) is 0 Å². The first kappa shape index (κ1) is 55.9. The van der Waals surface area contributed by atoms with E-state index in [9.17, 15) is 32.8 Å². The van der Waals surface area contributed by atoms with Crippen LogP contribution in [0.2, 0.25) is 0 Å². The van der Waals surface area contributed by atoms with Gasteiger partial charge in [0.15, 0.2) is 0 Å². The molecule has 0 aromatic heterocycles. The SMILES string of the molecule is CCCCCCCCCCCCCCCC(CCCCCCCCCCCCCCC)(C(=O)O)C(CCCCCCCCCCCCCCC)(C(=O)O)S(=O)(=O)O. The van der Waals surface area contributed by atoms with Gasteiger partial charge in [0, 0.05) is 0 Å². The van der Waals surface area contributed by atoms with Crippen molar-refractivity contribution in [2.45, 2.75) is 295 Å². The zero-order valence-electron chi connectivity index (χ0n) is 38.1. The lowest BCUT2D eigenvalue weighted by Crippen LogP contribution is -2.62. The summed E-state index contributed by atoms with van der Waals surface area (Å²) < 4.78 is 34.8. The van der Waals surface area contributed by atoms with Gasteiger partial charge >= 0.3 is 11.9 Å². The molecule has 340 valence electrons. The van der Waals surface area contributed by atoms with Gasteiger partial charge in [-0.3, -0.25) is 14.1 Å². The fraction of sp³-hybridized carbons (Fsp3) is 0.959. The molecule has 1 unspecified atom stereocenters. The summed E-state index contributed by atoms with van der Waals surface area (Å²) in [6.45, 7) is 6.70. The summed E-state index contributed by atoms with van der Waals surface area (Å²) in [6, 6.07) is 0. The zero-order valence-corrected chi connectivity index (χ0v) is 38.9. The predicted molar refractivity (Wildman–Crippen MR) is 243 cm³/mol. The van der Waals surface area contributed by atoms with Gasteiger partial charge in [-0.05, 0) is 19.3 Å². The lowest BCUT2D eigenvalue weighted by atomic mass is 9.65. The van der Waals surface area contributed by atoms with Gasteiger partial charge in [-0.1, -0.05) is 271 Å². The van der Waals surface area contributed by atoms with Crippen LogP contribution in [0.4, 0.5) is 0 Å². The highest BCUT2D eigenvalue weighted by atomic mass is 32.2. The smallest absolute Gasteiger partial charge is 0.328 e. The number of unbranched alkanes of at least 4 members (excludes halogenated alkanes) is 36. The van der Waals surface area contributed by atoms with Crippen molar-refractivity contribution in [3.8, 4) is 0 Å². The molecule has 0 fully saturated rings. The van der Waals surface area contributed by atoms with Crippen LogP contribution in [0.3, 0.4) is 0 Å². The Labute approximate surface area is 354 Å². The molecule has 0 aliphatic rings. The van der Waals surface area contributed by atoms with E-state index in [-0.39, 0.29) is 25.7 Å². The third-order valence-electron chi connectivity index (χ3n) is 13.0. The Morgan fingerprint density at radius 1 is 0.333 bits per heavy atom. The van der Waals surface area contributed by atoms with Gasteiger partial charge in [0.05, 0.1) is 0 Å². The second-order valence-corrected chi connectivity index (χ2v) is 19.6. The van der Waals surface area contributed by atoms with Gasteiger partial charge in [0.25, 0.3) is 10.1 Å². The number of carboxylic acid groups (broad SMARTS) is 2. The summed E-state index contributed by atoms with van der Waals surface area (Å²) in [5, 5.41) is 21.7. The van der Waals surface area contributed by atoms with Crippen molar-refractivity contribution in [2.75, 3.05) is 0 Å². The minimum Gasteiger partial charge on any atom is -0.481 e. The maximum atomic E-state index is 13.4. The fourth-order valence-corrected chi connectivity index (χ4v) is 10.6. The van der Waals surface area contributed by atoms with Crippen LogP contribution in [-0.2, 0) is 19.7 Å². The van der Waals surface area contributed by atoms with Crippen LogP contribution in [0.1, 0.15) is 290 Å². The Morgan fingerprint density at radius 2 is 0.526 bits per heavy atom. The maximum Gasteiger partial charge on any atom is 0.328 e. The molecule has 0 bridgehead atoms. The zero-order chi connectivity index (χ0) is 42.4. The van der Waals surface area contributed by atoms with E-state index in [0.29, 0.717) is 19.3 Å². The highest BCUT2D eigenvalue weighted by Crippen LogP contribution is 2.50. The van der Waals surface area contributed by atoms with Gasteiger partial charge in [-0.2, -0.15) is 8.42 Å². The van der Waals surface area contributed by atoms with Crippen molar-refractivity contribution < 1.29 is 32.8 Å². The van der Waals surface area contributed by atoms with Gasteiger partial charge < -0.3 is 10.2 Å². The summed E-state index contributed by atoms with van der Waals surface area (Å²) in [5.74, 6) is -3.11. The van der Waals surface area contributed by atoms with E-state index in [1.807, 2.05) is 0 Å². The summed E-state index contributed by atoms with van der Waals surface area (Å²) in [7, 11) is -5.26. The first-order valence-electron chi connectivity index (χ1n) is 25.0. The van der Waals surface area contributed by atoms with E-state index in [1.165, 1.54) is 148 Å². The Kier molecular flexibility index (Phi) is 37.1. The lowest BCUT2D eigenvalue weighted by Gasteiger charge is -2.43. The normalized spacial score (nSPS) is 13.3. The van der Waals surface area contributed by atoms with E-state index in [0.717, 1.165) is 77.0 Å². The monoisotopic (exact) mass is 829 g/mol. The number of hydrogen-bond acceptors (Lipinski definition) is 4. The van der Waals surface area contributed by atoms with E-state index < -0.39 is 32.2 Å². The molecule has 0 saturated heterocycles.